The predicted octanol–water partition coefficient (Wildman–Crippen LogP) is 1.79. The SMILES string of the molecule is CC1CC(C)(C)CC(CO)(NCc2cc(C(=O)O)nn2C)C1. The van der Waals surface area contributed by atoms with Crippen molar-refractivity contribution in [3.63, 3.8) is 0 Å². The Labute approximate surface area is 131 Å². The monoisotopic (exact) mass is 309 g/mol. The molecular weight excluding hydrogens is 282 g/mol. The Balaban J connectivity index is 2.12. The van der Waals surface area contributed by atoms with Crippen LogP contribution in [0.25, 0.3) is 0 Å². The largest absolute Gasteiger partial charge is 0.476 e. The van der Waals surface area contributed by atoms with E-state index in [1.807, 2.05) is 0 Å². The third-order valence-corrected chi connectivity index (χ3v) is 4.60. The van der Waals surface area contributed by atoms with Gasteiger partial charge in [0, 0.05) is 19.1 Å². The van der Waals surface area contributed by atoms with E-state index in [1.54, 1.807) is 17.8 Å². The molecule has 6 heteroatoms. The minimum absolute atomic E-state index is 0.0506. The molecule has 0 amide bonds. The summed E-state index contributed by atoms with van der Waals surface area (Å²) in [6.07, 6.45) is 2.99. The molecule has 22 heavy (non-hydrogen) atoms. The zero-order valence-corrected chi connectivity index (χ0v) is 13.9. The zero-order valence-electron chi connectivity index (χ0n) is 13.9. The fourth-order valence-corrected chi connectivity index (χ4v) is 4.11. The molecular formula is C16H27N3O3. The van der Waals surface area contributed by atoms with Crippen LogP contribution in [0.5, 0.6) is 0 Å². The van der Waals surface area contributed by atoms with Crippen molar-refractivity contribution in [2.24, 2.45) is 18.4 Å². The zero-order chi connectivity index (χ0) is 16.5. The molecule has 2 rings (SSSR count). The van der Waals surface area contributed by atoms with Gasteiger partial charge >= 0.3 is 5.97 Å². The number of nitrogens with zero attached hydrogens (tertiary/aromatic N) is 2. The molecule has 1 fully saturated rings. The van der Waals surface area contributed by atoms with Crippen molar-refractivity contribution in [2.45, 2.75) is 52.1 Å². The van der Waals surface area contributed by atoms with Crippen LogP contribution in [0.15, 0.2) is 6.07 Å². The van der Waals surface area contributed by atoms with Crippen molar-refractivity contribution in [2.75, 3.05) is 6.61 Å². The smallest absolute Gasteiger partial charge is 0.356 e. The Morgan fingerprint density at radius 3 is 2.68 bits per heavy atom. The van der Waals surface area contributed by atoms with Crippen LogP contribution in [0.1, 0.15) is 56.2 Å². The summed E-state index contributed by atoms with van der Waals surface area (Å²) >= 11 is 0. The quantitative estimate of drug-likeness (QED) is 0.772. The maximum absolute atomic E-state index is 11.0. The van der Waals surface area contributed by atoms with Crippen molar-refractivity contribution in [1.82, 2.24) is 15.1 Å². The van der Waals surface area contributed by atoms with E-state index in [0.29, 0.717) is 12.5 Å². The number of carboxylic acid groups (broad SMARTS) is 1. The second kappa shape index (κ2) is 6.01. The Morgan fingerprint density at radius 1 is 1.50 bits per heavy atom. The first-order chi connectivity index (χ1) is 10.2. The molecule has 1 aromatic heterocycles. The molecule has 6 nitrogen and oxygen atoms in total. The van der Waals surface area contributed by atoms with Crippen LogP contribution in [0.4, 0.5) is 0 Å². The molecule has 1 aliphatic carbocycles. The maximum atomic E-state index is 11.0. The first-order valence-corrected chi connectivity index (χ1v) is 7.78. The first kappa shape index (κ1) is 17.0. The van der Waals surface area contributed by atoms with Crippen LogP contribution in [-0.4, -0.2) is 38.1 Å². The van der Waals surface area contributed by atoms with Crippen LogP contribution >= 0.6 is 0 Å². The molecule has 0 aliphatic heterocycles. The Hall–Kier alpha value is -1.40. The highest BCUT2D eigenvalue weighted by Gasteiger charge is 2.42. The van der Waals surface area contributed by atoms with E-state index in [4.69, 9.17) is 5.11 Å². The molecule has 3 N–H and O–H groups in total. The van der Waals surface area contributed by atoms with E-state index in [9.17, 15) is 9.90 Å². The standard InChI is InChI=1S/C16H27N3O3/c1-11-6-15(2,3)9-16(7-11,10-20)17-8-12-5-13(14(21)22)18-19(12)4/h5,11,17,20H,6-10H2,1-4H3,(H,21,22). The topological polar surface area (TPSA) is 87.4 Å². The second-order valence-corrected chi connectivity index (χ2v) is 7.60. The number of carboxylic acids is 1. The summed E-state index contributed by atoms with van der Waals surface area (Å²) in [6.45, 7) is 7.28. The number of hydrogen-bond acceptors (Lipinski definition) is 4. The minimum Gasteiger partial charge on any atom is -0.476 e. The number of aromatic carboxylic acids is 1. The predicted molar refractivity (Wildman–Crippen MR) is 83.6 cm³/mol. The highest BCUT2D eigenvalue weighted by Crippen LogP contribution is 2.43. The number of aliphatic hydroxyl groups is 1. The Bertz CT molecular complexity index is 553. The molecule has 0 spiro atoms. The first-order valence-electron chi connectivity index (χ1n) is 7.78. The van der Waals surface area contributed by atoms with Crippen molar-refractivity contribution in [1.29, 1.82) is 0 Å². The number of aryl methyl sites for hydroxylation is 1. The molecule has 2 unspecified atom stereocenters. The lowest BCUT2D eigenvalue weighted by atomic mass is 9.64. The lowest BCUT2D eigenvalue weighted by Gasteiger charge is -2.47. The van der Waals surface area contributed by atoms with Gasteiger partial charge in [0.25, 0.3) is 0 Å². The van der Waals surface area contributed by atoms with Crippen molar-refractivity contribution in [3.8, 4) is 0 Å². The van der Waals surface area contributed by atoms with Gasteiger partial charge in [-0.2, -0.15) is 5.10 Å². The molecule has 1 aliphatic rings. The van der Waals surface area contributed by atoms with E-state index in [0.717, 1.165) is 25.0 Å². The fraction of sp³-hybridized carbons (Fsp3) is 0.750. The van der Waals surface area contributed by atoms with E-state index in [2.05, 4.69) is 31.2 Å². The number of hydrogen-bond donors (Lipinski definition) is 3. The highest BCUT2D eigenvalue weighted by atomic mass is 16.4. The van der Waals surface area contributed by atoms with Gasteiger partial charge < -0.3 is 15.5 Å². The van der Waals surface area contributed by atoms with Gasteiger partial charge in [-0.15, -0.1) is 0 Å². The Kier molecular flexibility index (Phi) is 4.63. The summed E-state index contributed by atoms with van der Waals surface area (Å²) in [4.78, 5) is 11.0. The van der Waals surface area contributed by atoms with Crippen LogP contribution in [0, 0.1) is 11.3 Å². The van der Waals surface area contributed by atoms with Gasteiger partial charge in [0.1, 0.15) is 0 Å². The van der Waals surface area contributed by atoms with Gasteiger partial charge in [-0.25, -0.2) is 4.79 Å². The van der Waals surface area contributed by atoms with Gasteiger partial charge in [-0.1, -0.05) is 20.8 Å². The van der Waals surface area contributed by atoms with Crippen LogP contribution in [0.3, 0.4) is 0 Å². The number of aliphatic hydroxyl groups excluding tert-OH is 1. The summed E-state index contributed by atoms with van der Waals surface area (Å²) in [5.74, 6) is -0.476. The Morgan fingerprint density at radius 2 is 2.18 bits per heavy atom. The molecule has 1 heterocycles. The second-order valence-electron chi connectivity index (χ2n) is 7.60. The van der Waals surface area contributed by atoms with Crippen LogP contribution < -0.4 is 5.32 Å². The number of rotatable bonds is 5. The van der Waals surface area contributed by atoms with E-state index in [1.165, 1.54) is 0 Å². The molecule has 0 bridgehead atoms. The number of nitrogens with one attached hydrogen (secondary N) is 1. The number of aromatic nitrogens is 2. The minimum atomic E-state index is -1.02. The molecule has 0 saturated heterocycles. The highest BCUT2D eigenvalue weighted by molar-refractivity contribution is 5.85. The summed E-state index contributed by atoms with van der Waals surface area (Å²) in [5.41, 5.74) is 0.733. The summed E-state index contributed by atoms with van der Waals surface area (Å²) < 4.78 is 1.58. The molecule has 1 saturated carbocycles. The van der Waals surface area contributed by atoms with Gasteiger partial charge in [-0.05, 0) is 36.7 Å². The van der Waals surface area contributed by atoms with E-state index >= 15 is 0 Å². The van der Waals surface area contributed by atoms with Gasteiger partial charge in [0.05, 0.1) is 12.3 Å². The fourth-order valence-electron chi connectivity index (χ4n) is 4.11. The van der Waals surface area contributed by atoms with Gasteiger partial charge in [-0.3, -0.25) is 4.68 Å². The van der Waals surface area contributed by atoms with Crippen LogP contribution in [0.2, 0.25) is 0 Å². The summed E-state index contributed by atoms with van der Waals surface area (Å²) in [6, 6.07) is 1.58. The number of carbonyl (C=O) groups is 1. The van der Waals surface area contributed by atoms with Crippen LogP contribution in [-0.2, 0) is 13.6 Å². The molecule has 2 atom stereocenters. The van der Waals surface area contributed by atoms with E-state index in [-0.39, 0.29) is 23.3 Å². The average Bonchev–Trinajstić information content (AvgIpc) is 2.76. The van der Waals surface area contributed by atoms with Crippen molar-refractivity contribution in [3.05, 3.63) is 17.5 Å². The molecule has 0 radical (unpaired) electrons. The third-order valence-electron chi connectivity index (χ3n) is 4.60. The molecule has 1 aromatic rings. The molecule has 0 aromatic carbocycles. The lowest BCUT2D eigenvalue weighted by molar-refractivity contribution is 0.0348. The van der Waals surface area contributed by atoms with Crippen molar-refractivity contribution >= 4 is 5.97 Å². The maximum Gasteiger partial charge on any atom is 0.356 e. The molecule has 124 valence electrons. The van der Waals surface area contributed by atoms with Gasteiger partial charge in [0.15, 0.2) is 5.69 Å². The average molecular weight is 309 g/mol. The normalized spacial score (nSPS) is 27.8. The summed E-state index contributed by atoms with van der Waals surface area (Å²) in [7, 11) is 1.74. The van der Waals surface area contributed by atoms with Gasteiger partial charge in [0.2, 0.25) is 0 Å². The van der Waals surface area contributed by atoms with Crippen molar-refractivity contribution < 1.29 is 15.0 Å². The third kappa shape index (κ3) is 3.67. The summed E-state index contributed by atoms with van der Waals surface area (Å²) in [5, 5.41) is 26.4. The van der Waals surface area contributed by atoms with E-state index < -0.39 is 5.97 Å². The lowest BCUT2D eigenvalue weighted by Crippen LogP contribution is -2.55.